The Hall–Kier alpha value is -2.47. The summed E-state index contributed by atoms with van der Waals surface area (Å²) in [6, 6.07) is 10.2. The van der Waals surface area contributed by atoms with E-state index in [1.54, 1.807) is 0 Å². The Bertz CT molecular complexity index is 723. The van der Waals surface area contributed by atoms with Gasteiger partial charge >= 0.3 is 0 Å². The Morgan fingerprint density at radius 1 is 1.05 bits per heavy atom. The topological polar surface area (TPSA) is 101 Å². The maximum Gasteiger partial charge on any atom is 0.163 e. The zero-order valence-corrected chi connectivity index (χ0v) is 10.9. The molecular formula is C14H15N5O. The minimum absolute atomic E-state index is 0.171. The molecule has 0 radical (unpaired) electrons. The Balaban J connectivity index is 1.85. The number of H-pyrrole nitrogens is 1. The number of nitrogens with two attached hydrogens (primary N) is 1. The highest BCUT2D eigenvalue weighted by atomic mass is 16.3. The van der Waals surface area contributed by atoms with E-state index < -0.39 is 0 Å². The van der Waals surface area contributed by atoms with Crippen molar-refractivity contribution in [2.75, 3.05) is 5.73 Å². The van der Waals surface area contributed by atoms with Crippen LogP contribution in [0, 0.1) is 0 Å². The minimum Gasteiger partial charge on any atom is -0.388 e. The van der Waals surface area contributed by atoms with Crippen LogP contribution in [-0.2, 0) is 19.4 Å². The number of nitrogens with one attached hydrogen (secondary N) is 1. The number of nitrogens with zero attached hydrogens (tertiary/aromatic N) is 3. The fourth-order valence-corrected chi connectivity index (χ4v) is 2.10. The van der Waals surface area contributed by atoms with Crippen molar-refractivity contribution in [3.63, 3.8) is 0 Å². The molecule has 0 spiro atoms. The third kappa shape index (κ3) is 2.46. The van der Waals surface area contributed by atoms with Crippen molar-refractivity contribution in [2.24, 2.45) is 0 Å². The van der Waals surface area contributed by atoms with E-state index in [9.17, 15) is 0 Å². The molecule has 3 rings (SSSR count). The highest BCUT2D eigenvalue weighted by Crippen LogP contribution is 2.16. The summed E-state index contributed by atoms with van der Waals surface area (Å²) in [6.45, 7) is -0.171. The fourth-order valence-electron chi connectivity index (χ4n) is 2.10. The molecule has 6 nitrogen and oxygen atoms in total. The number of imidazole rings is 1. The largest absolute Gasteiger partial charge is 0.388 e. The van der Waals surface area contributed by atoms with Gasteiger partial charge in [0.2, 0.25) is 0 Å². The zero-order valence-electron chi connectivity index (χ0n) is 10.9. The first-order valence-electron chi connectivity index (χ1n) is 6.42. The molecule has 0 saturated heterocycles. The molecule has 6 heteroatoms. The van der Waals surface area contributed by atoms with E-state index >= 15 is 0 Å². The predicted molar refractivity (Wildman–Crippen MR) is 75.9 cm³/mol. The quantitative estimate of drug-likeness (QED) is 0.661. The second-order valence-corrected chi connectivity index (χ2v) is 4.55. The molecule has 0 unspecified atom stereocenters. The van der Waals surface area contributed by atoms with Crippen molar-refractivity contribution in [3.05, 3.63) is 47.5 Å². The van der Waals surface area contributed by atoms with Gasteiger partial charge in [0.1, 0.15) is 23.8 Å². The summed E-state index contributed by atoms with van der Waals surface area (Å²) in [5.74, 6) is 1.46. The Labute approximate surface area is 115 Å². The van der Waals surface area contributed by atoms with E-state index in [-0.39, 0.29) is 6.61 Å². The number of hydrogen-bond donors (Lipinski definition) is 3. The maximum absolute atomic E-state index is 9.07. The van der Waals surface area contributed by atoms with E-state index in [0.717, 1.165) is 6.42 Å². The number of rotatable bonds is 4. The van der Waals surface area contributed by atoms with Crippen LogP contribution in [0.2, 0.25) is 0 Å². The molecule has 2 aromatic heterocycles. The van der Waals surface area contributed by atoms with Gasteiger partial charge in [-0.15, -0.1) is 0 Å². The normalized spacial score (nSPS) is 11.1. The molecule has 0 atom stereocenters. The van der Waals surface area contributed by atoms with Crippen molar-refractivity contribution in [1.82, 2.24) is 19.9 Å². The van der Waals surface area contributed by atoms with Crippen molar-refractivity contribution < 1.29 is 5.11 Å². The molecule has 0 fully saturated rings. The smallest absolute Gasteiger partial charge is 0.163 e. The van der Waals surface area contributed by atoms with Crippen LogP contribution in [0.3, 0.4) is 0 Å². The summed E-state index contributed by atoms with van der Waals surface area (Å²) in [6.07, 6.45) is 1.56. The number of fused-ring (bicyclic) bond motifs is 1. The Kier molecular flexibility index (Phi) is 3.30. The van der Waals surface area contributed by atoms with Crippen molar-refractivity contribution in [3.8, 4) is 0 Å². The summed E-state index contributed by atoms with van der Waals surface area (Å²) < 4.78 is 0. The molecule has 0 amide bonds. The molecule has 0 bridgehead atoms. The second-order valence-electron chi connectivity index (χ2n) is 4.55. The third-order valence-corrected chi connectivity index (χ3v) is 3.10. The molecule has 1 aromatic carbocycles. The molecule has 3 aromatic rings. The Morgan fingerprint density at radius 2 is 1.85 bits per heavy atom. The number of hydrogen-bond acceptors (Lipinski definition) is 5. The summed E-state index contributed by atoms with van der Waals surface area (Å²) >= 11 is 0. The van der Waals surface area contributed by atoms with Gasteiger partial charge in [0, 0.05) is 6.42 Å². The molecule has 2 heterocycles. The first-order valence-corrected chi connectivity index (χ1v) is 6.42. The van der Waals surface area contributed by atoms with Crippen LogP contribution in [0.4, 0.5) is 5.82 Å². The van der Waals surface area contributed by atoms with E-state index in [1.807, 2.05) is 18.2 Å². The van der Waals surface area contributed by atoms with Crippen molar-refractivity contribution in [1.29, 1.82) is 0 Å². The van der Waals surface area contributed by atoms with Gasteiger partial charge in [-0.1, -0.05) is 30.3 Å². The summed E-state index contributed by atoms with van der Waals surface area (Å²) in [5.41, 5.74) is 8.20. The van der Waals surface area contributed by atoms with Gasteiger partial charge in [0.15, 0.2) is 11.5 Å². The molecule has 0 aliphatic carbocycles. The van der Waals surface area contributed by atoms with E-state index in [1.165, 1.54) is 5.56 Å². The lowest BCUT2D eigenvalue weighted by atomic mass is 10.1. The monoisotopic (exact) mass is 269 g/mol. The van der Waals surface area contributed by atoms with Crippen LogP contribution >= 0.6 is 0 Å². The first-order chi connectivity index (χ1) is 9.76. The van der Waals surface area contributed by atoms with Gasteiger partial charge in [-0.25, -0.2) is 15.0 Å². The highest BCUT2D eigenvalue weighted by Gasteiger charge is 2.10. The first kappa shape index (κ1) is 12.6. The summed E-state index contributed by atoms with van der Waals surface area (Å²) in [4.78, 5) is 15.7. The maximum atomic E-state index is 9.07. The van der Waals surface area contributed by atoms with Gasteiger partial charge < -0.3 is 15.8 Å². The average Bonchev–Trinajstić information content (AvgIpc) is 2.90. The van der Waals surface area contributed by atoms with Gasteiger partial charge in [0.25, 0.3) is 0 Å². The number of aliphatic hydroxyl groups excluding tert-OH is 1. The fraction of sp³-hybridized carbons (Fsp3) is 0.214. The van der Waals surface area contributed by atoms with Crippen molar-refractivity contribution in [2.45, 2.75) is 19.4 Å². The average molecular weight is 269 g/mol. The molecule has 4 N–H and O–H groups in total. The summed E-state index contributed by atoms with van der Waals surface area (Å²) in [7, 11) is 0. The number of aromatic amines is 1. The standard InChI is InChI=1S/C14H15N5O/c15-13-12-14(19-11(8-20)16-12)18-10(17-13)7-6-9-4-2-1-3-5-9/h1-5,20H,6-8H2,(H3,15,16,17,18,19). The third-order valence-electron chi connectivity index (χ3n) is 3.10. The SMILES string of the molecule is Nc1nc(CCc2ccccc2)nc2[nH]c(CO)nc12. The lowest BCUT2D eigenvalue weighted by Crippen LogP contribution is -2.02. The van der Waals surface area contributed by atoms with Crippen LogP contribution in [0.15, 0.2) is 30.3 Å². The lowest BCUT2D eigenvalue weighted by Gasteiger charge is -2.02. The van der Waals surface area contributed by atoms with Crippen LogP contribution in [-0.4, -0.2) is 25.0 Å². The Morgan fingerprint density at radius 3 is 2.60 bits per heavy atom. The lowest BCUT2D eigenvalue weighted by molar-refractivity contribution is 0.273. The number of benzene rings is 1. The number of aromatic nitrogens is 4. The van der Waals surface area contributed by atoms with Gasteiger partial charge in [0.05, 0.1) is 0 Å². The van der Waals surface area contributed by atoms with Gasteiger partial charge in [-0.2, -0.15) is 0 Å². The van der Waals surface area contributed by atoms with Gasteiger partial charge in [-0.05, 0) is 12.0 Å². The molecular weight excluding hydrogens is 254 g/mol. The highest BCUT2D eigenvalue weighted by molar-refractivity contribution is 5.81. The molecule has 0 aliphatic rings. The molecule has 0 aliphatic heterocycles. The summed E-state index contributed by atoms with van der Waals surface area (Å²) in [5, 5.41) is 9.07. The molecule has 20 heavy (non-hydrogen) atoms. The number of aryl methyl sites for hydroxylation is 2. The number of nitrogen functional groups attached to an aromatic ring is 1. The van der Waals surface area contributed by atoms with E-state index in [4.69, 9.17) is 10.8 Å². The number of anilines is 1. The van der Waals surface area contributed by atoms with E-state index in [2.05, 4.69) is 32.1 Å². The second kappa shape index (κ2) is 5.26. The van der Waals surface area contributed by atoms with Crippen molar-refractivity contribution >= 4 is 17.0 Å². The van der Waals surface area contributed by atoms with Crippen LogP contribution in [0.25, 0.3) is 11.2 Å². The molecule has 0 saturated carbocycles. The number of aliphatic hydroxyl groups is 1. The van der Waals surface area contributed by atoms with E-state index in [0.29, 0.717) is 35.1 Å². The minimum atomic E-state index is -0.171. The van der Waals surface area contributed by atoms with Crippen LogP contribution < -0.4 is 5.73 Å². The predicted octanol–water partition coefficient (Wildman–Crippen LogP) is 1.21. The zero-order chi connectivity index (χ0) is 13.9. The molecule has 102 valence electrons. The van der Waals surface area contributed by atoms with Crippen LogP contribution in [0.1, 0.15) is 17.2 Å². The van der Waals surface area contributed by atoms with Crippen LogP contribution in [0.5, 0.6) is 0 Å². The van der Waals surface area contributed by atoms with Gasteiger partial charge in [-0.3, -0.25) is 0 Å².